The van der Waals surface area contributed by atoms with Gasteiger partial charge in [0.2, 0.25) is 0 Å². The van der Waals surface area contributed by atoms with Gasteiger partial charge in [-0.05, 0) is 84.6 Å². The molecule has 50 heavy (non-hydrogen) atoms. The molecule has 11 aromatic rings. The predicted molar refractivity (Wildman–Crippen MR) is 221 cm³/mol. The molecule has 0 N–H and O–H groups in total. The lowest BCUT2D eigenvalue weighted by Gasteiger charge is -2.18. The molecule has 2 aromatic heterocycles. The number of hydrogen-bond acceptors (Lipinski definition) is 2. The van der Waals surface area contributed by atoms with Crippen molar-refractivity contribution in [3.8, 4) is 33.4 Å². The molecule has 0 nitrogen and oxygen atoms in total. The van der Waals surface area contributed by atoms with Crippen LogP contribution in [0.25, 0.3) is 106 Å². The van der Waals surface area contributed by atoms with Crippen LogP contribution in [0, 0.1) is 0 Å². The van der Waals surface area contributed by atoms with E-state index >= 15 is 0 Å². The number of fused-ring (bicyclic) bond motifs is 11. The predicted octanol–water partition coefficient (Wildman–Crippen LogP) is 14.9. The molecule has 0 unspecified atom stereocenters. The second-order valence-electron chi connectivity index (χ2n) is 13.2. The highest BCUT2D eigenvalue weighted by atomic mass is 32.1. The smallest absolute Gasteiger partial charge is 0.0448 e. The molecule has 0 fully saturated rings. The summed E-state index contributed by atoms with van der Waals surface area (Å²) in [6.07, 6.45) is 0. The van der Waals surface area contributed by atoms with Gasteiger partial charge < -0.3 is 0 Å². The molecule has 9 aromatic carbocycles. The zero-order valence-electron chi connectivity index (χ0n) is 27.0. The fourth-order valence-electron chi connectivity index (χ4n) is 8.30. The number of benzene rings is 9. The van der Waals surface area contributed by atoms with E-state index in [2.05, 4.69) is 170 Å². The summed E-state index contributed by atoms with van der Waals surface area (Å²) in [6.45, 7) is 0. The maximum Gasteiger partial charge on any atom is 0.0448 e. The summed E-state index contributed by atoms with van der Waals surface area (Å²) in [7, 11) is 0. The van der Waals surface area contributed by atoms with Crippen LogP contribution in [0.15, 0.2) is 170 Å². The average molecular weight is 669 g/mol. The number of hydrogen-bond donors (Lipinski definition) is 0. The van der Waals surface area contributed by atoms with E-state index in [9.17, 15) is 0 Å². The molecule has 0 aliphatic heterocycles. The topological polar surface area (TPSA) is 0 Å². The summed E-state index contributed by atoms with van der Waals surface area (Å²) in [5.74, 6) is 0. The first-order valence-electron chi connectivity index (χ1n) is 17.1. The first-order chi connectivity index (χ1) is 24.8. The van der Waals surface area contributed by atoms with Gasteiger partial charge in [-0.3, -0.25) is 0 Å². The van der Waals surface area contributed by atoms with Crippen LogP contribution in [0.4, 0.5) is 0 Å². The van der Waals surface area contributed by atoms with Crippen molar-refractivity contribution >= 4 is 95.3 Å². The Hall–Kier alpha value is -5.80. The van der Waals surface area contributed by atoms with Gasteiger partial charge in [-0.1, -0.05) is 146 Å². The molecule has 0 amide bonds. The Morgan fingerprint density at radius 1 is 0.280 bits per heavy atom. The van der Waals surface area contributed by atoms with Crippen LogP contribution in [0.2, 0.25) is 0 Å². The Morgan fingerprint density at radius 2 is 0.800 bits per heavy atom. The number of thiophene rings is 2. The quantitative estimate of drug-likeness (QED) is 0.164. The van der Waals surface area contributed by atoms with Crippen LogP contribution >= 0.6 is 22.7 Å². The normalized spacial score (nSPS) is 12.0. The molecule has 0 aliphatic carbocycles. The molecule has 0 aliphatic rings. The first-order valence-corrected chi connectivity index (χ1v) is 18.7. The molecule has 2 heteroatoms. The van der Waals surface area contributed by atoms with E-state index in [4.69, 9.17) is 0 Å². The molecule has 0 radical (unpaired) electrons. The molecule has 0 saturated heterocycles. The Morgan fingerprint density at radius 3 is 1.52 bits per heavy atom. The lowest BCUT2D eigenvalue weighted by molar-refractivity contribution is 1.64. The van der Waals surface area contributed by atoms with E-state index in [0.29, 0.717) is 0 Å². The van der Waals surface area contributed by atoms with Crippen molar-refractivity contribution in [2.24, 2.45) is 0 Å². The van der Waals surface area contributed by atoms with Crippen molar-refractivity contribution < 1.29 is 0 Å². The van der Waals surface area contributed by atoms with Crippen LogP contribution in [0.1, 0.15) is 0 Å². The lowest BCUT2D eigenvalue weighted by Crippen LogP contribution is -1.91. The summed E-state index contributed by atoms with van der Waals surface area (Å²) in [4.78, 5) is 0. The van der Waals surface area contributed by atoms with Crippen LogP contribution < -0.4 is 0 Å². The third-order valence-electron chi connectivity index (χ3n) is 10.4. The molecular weight excluding hydrogens is 641 g/mol. The Labute approximate surface area is 297 Å². The Bertz CT molecular complexity index is 3080. The standard InChI is InChI=1S/C48H28S2/c1-2-13-29(14-3-1)44-34-19-5-7-21-36(34)45(37-22-8-6-20-35(37)44)31-16-12-15-30(27-31)40-28-41-46-43(50-47(41)38-23-9-4-17-32(38)40)26-25-39-33-18-10-11-24-42(33)49-48(39)46/h1-28H. The minimum Gasteiger partial charge on any atom is -0.134 e. The van der Waals surface area contributed by atoms with Crippen LogP contribution in [0.5, 0.6) is 0 Å². The zero-order valence-corrected chi connectivity index (χ0v) is 28.6. The van der Waals surface area contributed by atoms with E-state index in [1.807, 2.05) is 22.7 Å². The largest absolute Gasteiger partial charge is 0.134 e. The lowest BCUT2D eigenvalue weighted by atomic mass is 9.85. The molecule has 232 valence electrons. The molecule has 0 bridgehead atoms. The Balaban J connectivity index is 1.20. The highest BCUT2D eigenvalue weighted by molar-refractivity contribution is 7.30. The van der Waals surface area contributed by atoms with Crippen LogP contribution in [0.3, 0.4) is 0 Å². The van der Waals surface area contributed by atoms with Crippen LogP contribution in [-0.4, -0.2) is 0 Å². The summed E-state index contributed by atoms with van der Waals surface area (Å²) in [5, 5.41) is 13.2. The average Bonchev–Trinajstić information content (AvgIpc) is 3.75. The molecule has 11 rings (SSSR count). The SMILES string of the molecule is c1ccc(-c2c3ccccc3c(-c3cccc(-c4cc5c(sc6ccc7c8ccccc8sc7c65)c5ccccc45)c3)c3ccccc23)cc1. The monoisotopic (exact) mass is 668 g/mol. The van der Waals surface area contributed by atoms with Gasteiger partial charge in [0.05, 0.1) is 0 Å². The van der Waals surface area contributed by atoms with Crippen molar-refractivity contribution in [2.75, 3.05) is 0 Å². The first kappa shape index (κ1) is 28.1. The van der Waals surface area contributed by atoms with Crippen molar-refractivity contribution in [3.05, 3.63) is 170 Å². The highest BCUT2D eigenvalue weighted by Gasteiger charge is 2.19. The summed E-state index contributed by atoms with van der Waals surface area (Å²) in [5.41, 5.74) is 7.59. The van der Waals surface area contributed by atoms with E-state index in [1.165, 1.54) is 106 Å². The van der Waals surface area contributed by atoms with E-state index in [1.54, 1.807) is 0 Å². The number of rotatable bonds is 3. The molecular formula is C48H28S2. The van der Waals surface area contributed by atoms with Crippen molar-refractivity contribution in [1.29, 1.82) is 0 Å². The zero-order chi connectivity index (χ0) is 32.8. The van der Waals surface area contributed by atoms with E-state index in [-0.39, 0.29) is 0 Å². The highest BCUT2D eigenvalue weighted by Crippen LogP contribution is 2.49. The Kier molecular flexibility index (Phi) is 6.09. The maximum atomic E-state index is 2.48. The summed E-state index contributed by atoms with van der Waals surface area (Å²) < 4.78 is 5.46. The molecule has 2 heterocycles. The van der Waals surface area contributed by atoms with Gasteiger partial charge in [0.1, 0.15) is 0 Å². The fraction of sp³-hybridized carbons (Fsp3) is 0. The van der Waals surface area contributed by atoms with Gasteiger partial charge in [-0.25, -0.2) is 0 Å². The van der Waals surface area contributed by atoms with Gasteiger partial charge in [-0.15, -0.1) is 22.7 Å². The van der Waals surface area contributed by atoms with Crippen molar-refractivity contribution in [3.63, 3.8) is 0 Å². The molecule has 0 saturated carbocycles. The van der Waals surface area contributed by atoms with Gasteiger partial charge in [0.15, 0.2) is 0 Å². The van der Waals surface area contributed by atoms with Gasteiger partial charge >= 0.3 is 0 Å². The fourth-order valence-corrected chi connectivity index (χ4v) is 10.9. The second-order valence-corrected chi connectivity index (χ2v) is 15.3. The third-order valence-corrected chi connectivity index (χ3v) is 12.8. The molecule has 0 spiro atoms. The van der Waals surface area contributed by atoms with Crippen LogP contribution in [-0.2, 0) is 0 Å². The minimum absolute atomic E-state index is 1.24. The minimum atomic E-state index is 1.24. The van der Waals surface area contributed by atoms with E-state index in [0.717, 1.165) is 0 Å². The van der Waals surface area contributed by atoms with Gasteiger partial charge in [0, 0.05) is 45.7 Å². The third kappa shape index (κ3) is 4.04. The van der Waals surface area contributed by atoms with Crippen molar-refractivity contribution in [1.82, 2.24) is 0 Å². The summed E-state index contributed by atoms with van der Waals surface area (Å²) >= 11 is 3.85. The van der Waals surface area contributed by atoms with E-state index < -0.39 is 0 Å². The summed E-state index contributed by atoms with van der Waals surface area (Å²) in [6, 6.07) is 62.9. The van der Waals surface area contributed by atoms with Gasteiger partial charge in [-0.2, -0.15) is 0 Å². The van der Waals surface area contributed by atoms with Gasteiger partial charge in [0.25, 0.3) is 0 Å². The molecule has 0 atom stereocenters. The maximum absolute atomic E-state index is 2.48. The second kappa shape index (κ2) is 10.9. The van der Waals surface area contributed by atoms with Crippen molar-refractivity contribution in [2.45, 2.75) is 0 Å².